The lowest BCUT2D eigenvalue weighted by Crippen LogP contribution is -2.39. The van der Waals surface area contributed by atoms with Gasteiger partial charge in [0.25, 0.3) is 0 Å². The Morgan fingerprint density at radius 2 is 1.56 bits per heavy atom. The molecule has 6 nitrogen and oxygen atoms in total. The minimum Gasteiger partial charge on any atom is -0.497 e. The van der Waals surface area contributed by atoms with Crippen LogP contribution < -0.4 is 20.1 Å². The number of rotatable bonds is 10. The number of ether oxygens (including phenoxy) is 3. The van der Waals surface area contributed by atoms with Crippen LogP contribution in [0.1, 0.15) is 18.1 Å². The third kappa shape index (κ3) is 7.58. The van der Waals surface area contributed by atoms with Gasteiger partial charge in [0.2, 0.25) is 0 Å². The molecule has 2 aromatic carbocycles. The van der Waals surface area contributed by atoms with Gasteiger partial charge in [-0.1, -0.05) is 24.3 Å². The lowest BCUT2D eigenvalue weighted by atomic mass is 10.1. The van der Waals surface area contributed by atoms with Crippen LogP contribution in [0.2, 0.25) is 0 Å². The Kier molecular flexibility index (Phi) is 9.00. The molecule has 2 rings (SSSR count). The molecule has 0 saturated heterocycles. The fraction of sp³-hybridized carbons (Fsp3) is 0.381. The zero-order valence-corrected chi connectivity index (χ0v) is 16.3. The highest BCUT2D eigenvalue weighted by atomic mass is 16.5. The number of nitrogens with one attached hydrogen (secondary N) is 2. The molecular weight excluding hydrogens is 342 g/mol. The van der Waals surface area contributed by atoms with E-state index in [1.54, 1.807) is 14.2 Å². The van der Waals surface area contributed by atoms with Gasteiger partial charge in [-0.15, -0.1) is 0 Å². The summed E-state index contributed by atoms with van der Waals surface area (Å²) in [6.45, 7) is 5.29. The summed E-state index contributed by atoms with van der Waals surface area (Å²) in [5.41, 5.74) is 2.31. The van der Waals surface area contributed by atoms with E-state index >= 15 is 0 Å². The number of guanidine groups is 1. The Hall–Kier alpha value is -2.73. The van der Waals surface area contributed by atoms with E-state index in [1.807, 2.05) is 31.2 Å². The van der Waals surface area contributed by atoms with Gasteiger partial charge in [-0.3, -0.25) is 0 Å². The zero-order chi connectivity index (χ0) is 19.3. The predicted molar refractivity (Wildman–Crippen MR) is 108 cm³/mol. The maximum absolute atomic E-state index is 5.72. The van der Waals surface area contributed by atoms with Gasteiger partial charge in [-0.05, 0) is 42.3 Å². The van der Waals surface area contributed by atoms with Gasteiger partial charge in [0, 0.05) is 13.7 Å². The molecule has 0 atom stereocenters. The van der Waals surface area contributed by atoms with Gasteiger partial charge in [-0.25, -0.2) is 4.99 Å². The molecule has 0 heterocycles. The first-order valence-corrected chi connectivity index (χ1v) is 9.11. The first kappa shape index (κ1) is 20.6. The van der Waals surface area contributed by atoms with Crippen molar-refractivity contribution in [3.05, 3.63) is 59.7 Å². The second-order valence-electron chi connectivity index (χ2n) is 5.90. The van der Waals surface area contributed by atoms with Crippen LogP contribution in [-0.2, 0) is 17.9 Å². The van der Waals surface area contributed by atoms with Crippen LogP contribution in [0.4, 0.5) is 0 Å². The highest BCUT2D eigenvalue weighted by Crippen LogP contribution is 2.16. The molecule has 0 radical (unpaired) electrons. The first-order valence-electron chi connectivity index (χ1n) is 9.11. The van der Waals surface area contributed by atoms with Crippen LogP contribution in [0.15, 0.2) is 53.5 Å². The molecule has 0 aliphatic heterocycles. The highest BCUT2D eigenvalue weighted by molar-refractivity contribution is 5.79. The lowest BCUT2D eigenvalue weighted by Gasteiger charge is -2.12. The fourth-order valence-corrected chi connectivity index (χ4v) is 2.43. The van der Waals surface area contributed by atoms with Crippen molar-refractivity contribution in [3.63, 3.8) is 0 Å². The summed E-state index contributed by atoms with van der Waals surface area (Å²) >= 11 is 0. The van der Waals surface area contributed by atoms with Crippen LogP contribution in [0.5, 0.6) is 11.5 Å². The quantitative estimate of drug-likeness (QED) is 0.382. The topological polar surface area (TPSA) is 64.1 Å². The van der Waals surface area contributed by atoms with Gasteiger partial charge in [-0.2, -0.15) is 0 Å². The van der Waals surface area contributed by atoms with E-state index in [-0.39, 0.29) is 0 Å². The van der Waals surface area contributed by atoms with Gasteiger partial charge in [0.15, 0.2) is 5.96 Å². The van der Waals surface area contributed by atoms with E-state index in [2.05, 4.69) is 39.9 Å². The van der Waals surface area contributed by atoms with E-state index in [0.29, 0.717) is 26.3 Å². The van der Waals surface area contributed by atoms with Crippen LogP contribution in [0.25, 0.3) is 0 Å². The van der Waals surface area contributed by atoms with E-state index < -0.39 is 0 Å². The average Bonchev–Trinajstić information content (AvgIpc) is 2.71. The van der Waals surface area contributed by atoms with Crippen molar-refractivity contribution in [1.29, 1.82) is 0 Å². The van der Waals surface area contributed by atoms with Crippen LogP contribution in [0, 0.1) is 0 Å². The Morgan fingerprint density at radius 1 is 0.889 bits per heavy atom. The summed E-state index contributed by atoms with van der Waals surface area (Å²) in [4.78, 5) is 4.62. The van der Waals surface area contributed by atoms with E-state index in [0.717, 1.165) is 35.1 Å². The monoisotopic (exact) mass is 371 g/mol. The molecule has 2 N–H and O–H groups in total. The second-order valence-corrected chi connectivity index (χ2v) is 5.90. The number of hydrogen-bond donors (Lipinski definition) is 2. The average molecular weight is 371 g/mol. The molecule has 0 amide bonds. The van der Waals surface area contributed by atoms with Crippen molar-refractivity contribution in [2.24, 2.45) is 4.99 Å². The molecule has 27 heavy (non-hydrogen) atoms. The Morgan fingerprint density at radius 3 is 2.19 bits per heavy atom. The summed E-state index contributed by atoms with van der Waals surface area (Å²) in [6.07, 6.45) is 0. The third-order valence-electron chi connectivity index (χ3n) is 3.82. The van der Waals surface area contributed by atoms with Gasteiger partial charge >= 0.3 is 0 Å². The number of hydrogen-bond acceptors (Lipinski definition) is 4. The lowest BCUT2D eigenvalue weighted by molar-refractivity contribution is 0.185. The standard InChI is InChI=1S/C21H29N3O3/c1-4-22-21(24-15-17-5-7-18(8-6-17)16-25-2)23-13-14-27-20-11-9-19(26-3)10-12-20/h5-12H,4,13-16H2,1-3H3,(H2,22,23,24). The first-order chi connectivity index (χ1) is 13.2. The summed E-state index contributed by atoms with van der Waals surface area (Å²) < 4.78 is 16.0. The molecule has 0 saturated carbocycles. The van der Waals surface area contributed by atoms with E-state index in [9.17, 15) is 0 Å². The van der Waals surface area contributed by atoms with Gasteiger partial charge in [0.1, 0.15) is 18.1 Å². The second kappa shape index (κ2) is 11.8. The Balaban J connectivity index is 1.78. The van der Waals surface area contributed by atoms with Crippen LogP contribution >= 0.6 is 0 Å². The minimum atomic E-state index is 0.544. The predicted octanol–water partition coefficient (Wildman–Crippen LogP) is 2.98. The Bertz CT molecular complexity index is 685. The Labute approximate surface area is 161 Å². The van der Waals surface area contributed by atoms with Crippen molar-refractivity contribution in [3.8, 4) is 11.5 Å². The number of aliphatic imine (C=N–C) groups is 1. The van der Waals surface area contributed by atoms with Crippen molar-refractivity contribution in [2.45, 2.75) is 20.1 Å². The molecule has 2 aromatic rings. The maximum atomic E-state index is 5.72. The normalized spacial score (nSPS) is 11.1. The molecule has 0 bridgehead atoms. The molecule has 6 heteroatoms. The highest BCUT2D eigenvalue weighted by Gasteiger charge is 2.00. The van der Waals surface area contributed by atoms with Crippen molar-refractivity contribution in [1.82, 2.24) is 10.6 Å². The third-order valence-corrected chi connectivity index (χ3v) is 3.82. The van der Waals surface area contributed by atoms with Gasteiger partial charge in [0.05, 0.1) is 26.8 Å². The summed E-state index contributed by atoms with van der Waals surface area (Å²) in [6, 6.07) is 15.8. The number of methoxy groups -OCH3 is 2. The molecule has 0 spiro atoms. The molecule has 0 aromatic heterocycles. The zero-order valence-electron chi connectivity index (χ0n) is 16.3. The summed E-state index contributed by atoms with van der Waals surface area (Å²) in [5.74, 6) is 2.41. The molecule has 0 unspecified atom stereocenters. The minimum absolute atomic E-state index is 0.544. The van der Waals surface area contributed by atoms with Crippen molar-refractivity contribution in [2.75, 3.05) is 33.9 Å². The number of benzene rings is 2. The summed E-state index contributed by atoms with van der Waals surface area (Å²) in [5, 5.41) is 6.53. The molecule has 0 aliphatic carbocycles. The van der Waals surface area contributed by atoms with E-state index in [1.165, 1.54) is 0 Å². The maximum Gasteiger partial charge on any atom is 0.191 e. The largest absolute Gasteiger partial charge is 0.497 e. The molecular formula is C21H29N3O3. The number of nitrogens with zero attached hydrogens (tertiary/aromatic N) is 1. The van der Waals surface area contributed by atoms with Gasteiger partial charge < -0.3 is 24.8 Å². The van der Waals surface area contributed by atoms with E-state index in [4.69, 9.17) is 14.2 Å². The smallest absolute Gasteiger partial charge is 0.191 e. The summed E-state index contributed by atoms with van der Waals surface area (Å²) in [7, 11) is 3.35. The van der Waals surface area contributed by atoms with Crippen molar-refractivity contribution >= 4 is 5.96 Å². The molecule has 0 fully saturated rings. The molecule has 146 valence electrons. The SMILES string of the molecule is CCNC(=NCc1ccc(COC)cc1)NCCOc1ccc(OC)cc1. The van der Waals surface area contributed by atoms with Crippen molar-refractivity contribution < 1.29 is 14.2 Å². The fourth-order valence-electron chi connectivity index (χ4n) is 2.43. The van der Waals surface area contributed by atoms with Crippen LogP contribution in [-0.4, -0.2) is 39.9 Å². The van der Waals surface area contributed by atoms with Crippen LogP contribution in [0.3, 0.4) is 0 Å². The molecule has 0 aliphatic rings.